The van der Waals surface area contributed by atoms with Gasteiger partial charge in [-0.25, -0.2) is 0 Å². The van der Waals surface area contributed by atoms with E-state index < -0.39 is 0 Å². The molecule has 3 aromatic rings. The highest BCUT2D eigenvalue weighted by Crippen LogP contribution is 2.19. The largest absolute Gasteiger partial charge is 0.399 e. The number of rotatable bonds is 7. The topological polar surface area (TPSA) is 63.1 Å². The van der Waals surface area contributed by atoms with Crippen molar-refractivity contribution in [3.63, 3.8) is 0 Å². The second kappa shape index (κ2) is 9.46. The number of benzene rings is 3. The second-order valence-electron chi connectivity index (χ2n) is 6.60. The molecule has 0 atom stereocenters. The minimum atomic E-state index is -0.248. The number of oxime groups is 1. The molecule has 0 aliphatic carbocycles. The summed E-state index contributed by atoms with van der Waals surface area (Å²) < 4.78 is 0. The number of carbonyl (C=O) groups is 1. The molecule has 0 unspecified atom stereocenters. The van der Waals surface area contributed by atoms with Crippen molar-refractivity contribution in [3.8, 4) is 11.1 Å². The van der Waals surface area contributed by atoms with Gasteiger partial charge in [0.1, 0.15) is 7.11 Å². The number of hydrazone groups is 1. The summed E-state index contributed by atoms with van der Waals surface area (Å²) in [6.07, 6.45) is 1.31. The quantitative estimate of drug-likeness (QED) is 0.343. The number of nitrogens with one attached hydrogen (secondary N) is 1. The Hall–Kier alpha value is -3.73. The maximum absolute atomic E-state index is 12.9. The van der Waals surface area contributed by atoms with Crippen molar-refractivity contribution in [2.24, 2.45) is 10.3 Å². The van der Waals surface area contributed by atoms with Gasteiger partial charge < -0.3 is 4.84 Å². The van der Waals surface area contributed by atoms with Gasteiger partial charge >= 0.3 is 0 Å². The van der Waals surface area contributed by atoms with Gasteiger partial charge in [0.2, 0.25) is 5.78 Å². The molecule has 0 fully saturated rings. The molecular weight excluding hydrogens is 362 g/mol. The first kappa shape index (κ1) is 20.0. The number of aryl methyl sites for hydroxylation is 2. The Bertz CT molecular complexity index is 1040. The Morgan fingerprint density at radius 3 is 2.24 bits per heavy atom. The standard InChI is InChI=1S/C24H23N3O2/c1-17-9-14-22(15-18(17)2)26-27-23(16-25-29-3)24(28)21-12-10-20(11-13-21)19-7-5-4-6-8-19/h4-16,26H,1-3H3/b25-16+,27-23-. The molecule has 3 rings (SSSR count). The molecule has 0 aliphatic rings. The molecule has 0 aromatic heterocycles. The highest BCUT2D eigenvalue weighted by Gasteiger charge is 2.13. The highest BCUT2D eigenvalue weighted by molar-refractivity contribution is 6.64. The van der Waals surface area contributed by atoms with Crippen molar-refractivity contribution in [1.29, 1.82) is 0 Å². The second-order valence-corrected chi connectivity index (χ2v) is 6.60. The van der Waals surface area contributed by atoms with E-state index in [1.54, 1.807) is 12.1 Å². The van der Waals surface area contributed by atoms with Crippen molar-refractivity contribution in [2.45, 2.75) is 13.8 Å². The molecule has 0 saturated heterocycles. The van der Waals surface area contributed by atoms with Crippen LogP contribution in [0.1, 0.15) is 21.5 Å². The lowest BCUT2D eigenvalue weighted by molar-refractivity contribution is 0.106. The van der Waals surface area contributed by atoms with Crippen LogP contribution in [-0.4, -0.2) is 24.8 Å². The Labute approximate surface area is 170 Å². The first-order chi connectivity index (χ1) is 14.1. The van der Waals surface area contributed by atoms with Crippen molar-refractivity contribution >= 4 is 23.4 Å². The van der Waals surface area contributed by atoms with Gasteiger partial charge in [-0.2, -0.15) is 5.10 Å². The molecule has 0 spiro atoms. The van der Waals surface area contributed by atoms with Crippen molar-refractivity contribution in [1.82, 2.24) is 0 Å². The molecule has 0 heterocycles. The molecular formula is C24H23N3O2. The lowest BCUT2D eigenvalue weighted by atomic mass is 10.0. The average molecular weight is 385 g/mol. The minimum Gasteiger partial charge on any atom is -0.399 e. The fourth-order valence-electron chi connectivity index (χ4n) is 2.77. The predicted octanol–water partition coefficient (Wildman–Crippen LogP) is 5.25. The zero-order valence-corrected chi connectivity index (χ0v) is 16.7. The van der Waals surface area contributed by atoms with Crippen LogP contribution >= 0.6 is 0 Å². The number of hydrogen-bond donors (Lipinski definition) is 1. The van der Waals surface area contributed by atoms with Gasteiger partial charge in [0.25, 0.3) is 0 Å². The van der Waals surface area contributed by atoms with Crippen LogP contribution in [-0.2, 0) is 4.84 Å². The third-order valence-corrected chi connectivity index (χ3v) is 4.58. The number of anilines is 1. The Morgan fingerprint density at radius 1 is 0.897 bits per heavy atom. The van der Waals surface area contributed by atoms with Crippen molar-refractivity contribution in [2.75, 3.05) is 12.5 Å². The highest BCUT2D eigenvalue weighted by atomic mass is 16.6. The SMILES string of the molecule is CO/N=C/C(=N/Nc1ccc(C)c(C)c1)C(=O)c1ccc(-c2ccccc2)cc1. The Balaban J connectivity index is 1.83. The smallest absolute Gasteiger partial charge is 0.214 e. The summed E-state index contributed by atoms with van der Waals surface area (Å²) in [4.78, 5) is 17.7. The summed E-state index contributed by atoms with van der Waals surface area (Å²) in [6, 6.07) is 23.3. The summed E-state index contributed by atoms with van der Waals surface area (Å²) >= 11 is 0. The number of Topliss-reactive ketones (excluding diaryl/α,β-unsaturated/α-hetero) is 1. The van der Waals surface area contributed by atoms with E-state index in [1.165, 1.54) is 18.9 Å². The third-order valence-electron chi connectivity index (χ3n) is 4.58. The van der Waals surface area contributed by atoms with Crippen LogP contribution in [0.5, 0.6) is 0 Å². The van der Waals surface area contributed by atoms with Gasteiger partial charge in [0.05, 0.1) is 11.9 Å². The maximum Gasteiger partial charge on any atom is 0.214 e. The van der Waals surface area contributed by atoms with Crippen LogP contribution in [0, 0.1) is 13.8 Å². The molecule has 3 aromatic carbocycles. The molecule has 0 amide bonds. The van der Waals surface area contributed by atoms with Crippen LogP contribution in [0.25, 0.3) is 11.1 Å². The molecule has 146 valence electrons. The summed E-state index contributed by atoms with van der Waals surface area (Å²) in [5.74, 6) is -0.248. The number of carbonyl (C=O) groups excluding carboxylic acids is 1. The van der Waals surface area contributed by atoms with Gasteiger partial charge in [-0.05, 0) is 48.2 Å². The zero-order chi connectivity index (χ0) is 20.6. The normalized spacial score (nSPS) is 11.5. The lowest BCUT2D eigenvalue weighted by Gasteiger charge is -2.07. The summed E-state index contributed by atoms with van der Waals surface area (Å²) in [6.45, 7) is 4.07. The van der Waals surface area contributed by atoms with Crippen LogP contribution in [0.2, 0.25) is 0 Å². The van der Waals surface area contributed by atoms with E-state index in [4.69, 9.17) is 4.84 Å². The van der Waals surface area contributed by atoms with Gasteiger partial charge in [-0.1, -0.05) is 65.8 Å². The Kier molecular flexibility index (Phi) is 6.53. The molecule has 5 nitrogen and oxygen atoms in total. The summed E-state index contributed by atoms with van der Waals surface area (Å²) in [5, 5.41) is 7.96. The van der Waals surface area contributed by atoms with E-state index in [0.29, 0.717) is 5.56 Å². The number of nitrogens with zero attached hydrogens (tertiary/aromatic N) is 2. The van der Waals surface area contributed by atoms with Gasteiger partial charge in [-0.15, -0.1) is 0 Å². The molecule has 1 N–H and O–H groups in total. The van der Waals surface area contributed by atoms with E-state index >= 15 is 0 Å². The molecule has 0 saturated carbocycles. The van der Waals surface area contributed by atoms with E-state index in [1.807, 2.05) is 74.5 Å². The third kappa shape index (κ3) is 5.17. The predicted molar refractivity (Wildman–Crippen MR) is 119 cm³/mol. The molecule has 29 heavy (non-hydrogen) atoms. The fourth-order valence-corrected chi connectivity index (χ4v) is 2.77. The number of ketones is 1. The van der Waals surface area contributed by atoms with Gasteiger partial charge in [0.15, 0.2) is 5.71 Å². The monoisotopic (exact) mass is 385 g/mol. The van der Waals surface area contributed by atoms with Crippen LogP contribution in [0.3, 0.4) is 0 Å². The summed E-state index contributed by atoms with van der Waals surface area (Å²) in [7, 11) is 1.42. The number of hydrogen-bond acceptors (Lipinski definition) is 5. The lowest BCUT2D eigenvalue weighted by Crippen LogP contribution is -2.18. The Morgan fingerprint density at radius 2 is 1.59 bits per heavy atom. The maximum atomic E-state index is 12.9. The van der Waals surface area contributed by atoms with E-state index in [9.17, 15) is 4.79 Å². The van der Waals surface area contributed by atoms with Crippen LogP contribution in [0.15, 0.2) is 83.1 Å². The van der Waals surface area contributed by atoms with E-state index in [0.717, 1.165) is 22.4 Å². The fraction of sp³-hybridized carbons (Fsp3) is 0.125. The molecule has 0 radical (unpaired) electrons. The van der Waals surface area contributed by atoms with Crippen LogP contribution in [0.4, 0.5) is 5.69 Å². The van der Waals surface area contributed by atoms with E-state index in [2.05, 4.69) is 15.7 Å². The first-order valence-corrected chi connectivity index (χ1v) is 9.26. The first-order valence-electron chi connectivity index (χ1n) is 9.26. The van der Waals surface area contributed by atoms with Crippen molar-refractivity contribution in [3.05, 3.63) is 89.5 Å². The van der Waals surface area contributed by atoms with Gasteiger partial charge in [0, 0.05) is 5.56 Å². The molecule has 0 bridgehead atoms. The molecule has 0 aliphatic heterocycles. The minimum absolute atomic E-state index is 0.150. The van der Waals surface area contributed by atoms with Gasteiger partial charge in [-0.3, -0.25) is 10.2 Å². The van der Waals surface area contributed by atoms with Crippen LogP contribution < -0.4 is 5.43 Å². The van der Waals surface area contributed by atoms with Crippen molar-refractivity contribution < 1.29 is 9.63 Å². The molecule has 5 heteroatoms. The zero-order valence-electron chi connectivity index (χ0n) is 16.7. The average Bonchev–Trinajstić information content (AvgIpc) is 2.76. The summed E-state index contributed by atoms with van der Waals surface area (Å²) in [5.41, 5.74) is 8.86. The van der Waals surface area contributed by atoms with E-state index in [-0.39, 0.29) is 11.5 Å².